The molecule has 0 radical (unpaired) electrons. The summed E-state index contributed by atoms with van der Waals surface area (Å²) >= 11 is 0. The molecule has 0 saturated heterocycles. The van der Waals surface area contributed by atoms with Crippen LogP contribution in [0.4, 0.5) is 10.1 Å². The number of hydrogen-bond acceptors (Lipinski definition) is 3. The molecule has 0 unspecified atom stereocenters. The first-order valence-corrected chi connectivity index (χ1v) is 4.95. The van der Waals surface area contributed by atoms with Crippen LogP contribution in [0.1, 0.15) is 17.3 Å². The third kappa shape index (κ3) is 2.70. The van der Waals surface area contributed by atoms with Gasteiger partial charge in [0.1, 0.15) is 5.82 Å². The van der Waals surface area contributed by atoms with Gasteiger partial charge in [-0.15, -0.1) is 0 Å². The van der Waals surface area contributed by atoms with Gasteiger partial charge in [-0.2, -0.15) is 0 Å². The van der Waals surface area contributed by atoms with Gasteiger partial charge in [-0.05, 0) is 25.1 Å². The average Bonchev–Trinajstić information content (AvgIpc) is 2.28. The van der Waals surface area contributed by atoms with Crippen LogP contribution in [-0.4, -0.2) is 31.7 Å². The van der Waals surface area contributed by atoms with Gasteiger partial charge in [-0.1, -0.05) is 0 Å². The van der Waals surface area contributed by atoms with Crippen LogP contribution >= 0.6 is 0 Å². The lowest BCUT2D eigenvalue weighted by atomic mass is 10.1. The zero-order valence-corrected chi connectivity index (χ0v) is 9.58. The molecule has 88 valence electrons. The van der Waals surface area contributed by atoms with Crippen LogP contribution in [0.2, 0.25) is 0 Å². The number of nitrogens with zero attached hydrogens (tertiary/aromatic N) is 1. The fraction of sp³-hybridized carbons (Fsp3) is 0.364. The summed E-state index contributed by atoms with van der Waals surface area (Å²) in [7, 11) is 2.90. The predicted octanol–water partition coefficient (Wildman–Crippen LogP) is 1.89. The van der Waals surface area contributed by atoms with Gasteiger partial charge >= 0.3 is 0 Å². The molecule has 0 aliphatic rings. The minimum atomic E-state index is -0.382. The van der Waals surface area contributed by atoms with Crippen molar-refractivity contribution in [3.63, 3.8) is 0 Å². The fourth-order valence-electron chi connectivity index (χ4n) is 1.29. The van der Waals surface area contributed by atoms with E-state index in [-0.39, 0.29) is 11.7 Å². The van der Waals surface area contributed by atoms with Gasteiger partial charge in [0.25, 0.3) is 5.91 Å². The lowest BCUT2D eigenvalue weighted by Gasteiger charge is -2.16. The molecule has 0 fully saturated rings. The highest BCUT2D eigenvalue weighted by atomic mass is 19.1. The largest absolute Gasteiger partial charge is 0.385 e. The topological polar surface area (TPSA) is 41.6 Å². The van der Waals surface area contributed by atoms with E-state index in [1.807, 2.05) is 6.92 Å². The van der Waals surface area contributed by atoms with Crippen LogP contribution in [0.5, 0.6) is 0 Å². The molecule has 0 saturated carbocycles. The summed E-state index contributed by atoms with van der Waals surface area (Å²) in [5.74, 6) is -0.703. The quantitative estimate of drug-likeness (QED) is 0.797. The number of halogens is 1. The Hall–Kier alpha value is -1.62. The Balaban J connectivity index is 3.06. The molecule has 0 aliphatic heterocycles. The van der Waals surface area contributed by atoms with Crippen LogP contribution in [0.3, 0.4) is 0 Å². The lowest BCUT2D eigenvalue weighted by molar-refractivity contribution is -0.0756. The number of benzene rings is 1. The van der Waals surface area contributed by atoms with Gasteiger partial charge < -0.3 is 5.32 Å². The molecule has 1 amide bonds. The highest BCUT2D eigenvalue weighted by Gasteiger charge is 2.15. The number of hydroxylamine groups is 2. The van der Waals surface area contributed by atoms with E-state index in [2.05, 4.69) is 5.32 Å². The van der Waals surface area contributed by atoms with Crippen molar-refractivity contribution in [3.05, 3.63) is 29.6 Å². The predicted molar refractivity (Wildman–Crippen MR) is 59.7 cm³/mol. The van der Waals surface area contributed by atoms with Crippen LogP contribution in [-0.2, 0) is 4.84 Å². The van der Waals surface area contributed by atoms with Crippen LogP contribution in [0, 0.1) is 5.82 Å². The summed E-state index contributed by atoms with van der Waals surface area (Å²) in [6.45, 7) is 2.49. The highest BCUT2D eigenvalue weighted by molar-refractivity contribution is 5.98. The zero-order chi connectivity index (χ0) is 12.1. The Labute approximate surface area is 94.0 Å². The SMILES string of the molecule is CCNc1cc(F)ccc1C(=O)N(C)OC. The molecular formula is C11H15FN2O2. The molecule has 5 heteroatoms. The second kappa shape index (κ2) is 5.46. The molecule has 0 aromatic heterocycles. The van der Waals surface area contributed by atoms with Crippen molar-refractivity contribution in [2.75, 3.05) is 26.0 Å². The third-order valence-corrected chi connectivity index (χ3v) is 2.14. The van der Waals surface area contributed by atoms with Crippen molar-refractivity contribution in [3.8, 4) is 0 Å². The Morgan fingerprint density at radius 1 is 1.56 bits per heavy atom. The number of rotatable bonds is 4. The maximum Gasteiger partial charge on any atom is 0.279 e. The van der Waals surface area contributed by atoms with E-state index in [0.29, 0.717) is 17.8 Å². The molecule has 0 bridgehead atoms. The number of anilines is 1. The van der Waals surface area contributed by atoms with E-state index >= 15 is 0 Å². The normalized spacial score (nSPS) is 10.0. The van der Waals surface area contributed by atoms with E-state index < -0.39 is 0 Å². The van der Waals surface area contributed by atoms with E-state index in [0.717, 1.165) is 5.06 Å². The molecule has 1 N–H and O–H groups in total. The summed E-state index contributed by atoms with van der Waals surface area (Å²) in [6.07, 6.45) is 0. The molecule has 0 aliphatic carbocycles. The van der Waals surface area contributed by atoms with E-state index in [1.54, 1.807) is 0 Å². The Bertz CT molecular complexity index is 382. The summed E-state index contributed by atoms with van der Waals surface area (Å²) in [5.41, 5.74) is 0.851. The summed E-state index contributed by atoms with van der Waals surface area (Å²) in [4.78, 5) is 16.6. The van der Waals surface area contributed by atoms with E-state index in [9.17, 15) is 9.18 Å². The summed E-state index contributed by atoms with van der Waals surface area (Å²) < 4.78 is 13.0. The van der Waals surface area contributed by atoms with Gasteiger partial charge in [-0.3, -0.25) is 9.63 Å². The summed E-state index contributed by atoms with van der Waals surface area (Å²) in [5, 5.41) is 4.03. The zero-order valence-electron chi connectivity index (χ0n) is 9.58. The molecule has 0 spiro atoms. The number of nitrogens with one attached hydrogen (secondary N) is 1. The van der Waals surface area contributed by atoms with Crippen LogP contribution in [0.25, 0.3) is 0 Å². The van der Waals surface area contributed by atoms with Crippen molar-refractivity contribution in [1.82, 2.24) is 5.06 Å². The van der Waals surface area contributed by atoms with Gasteiger partial charge in [-0.25, -0.2) is 9.45 Å². The smallest absolute Gasteiger partial charge is 0.279 e. The molecule has 4 nitrogen and oxygen atoms in total. The number of amides is 1. The van der Waals surface area contributed by atoms with Crippen molar-refractivity contribution < 1.29 is 14.0 Å². The first-order chi connectivity index (χ1) is 7.60. The molecule has 0 atom stereocenters. The first kappa shape index (κ1) is 12.4. The molecule has 0 heterocycles. The van der Waals surface area contributed by atoms with Gasteiger partial charge in [0.15, 0.2) is 0 Å². The standard InChI is InChI=1S/C11H15FN2O2/c1-4-13-10-7-8(12)5-6-9(10)11(15)14(2)16-3/h5-7,13H,4H2,1-3H3. The van der Waals surface area contributed by atoms with Crippen LogP contribution < -0.4 is 5.32 Å². The van der Waals surface area contributed by atoms with Crippen LogP contribution in [0.15, 0.2) is 18.2 Å². The fourth-order valence-corrected chi connectivity index (χ4v) is 1.29. The van der Waals surface area contributed by atoms with Gasteiger partial charge in [0.2, 0.25) is 0 Å². The van der Waals surface area contributed by atoms with Crippen molar-refractivity contribution >= 4 is 11.6 Å². The maximum absolute atomic E-state index is 13.0. The average molecular weight is 226 g/mol. The molecule has 16 heavy (non-hydrogen) atoms. The third-order valence-electron chi connectivity index (χ3n) is 2.14. The van der Waals surface area contributed by atoms with Gasteiger partial charge in [0, 0.05) is 19.3 Å². The molecule has 1 aromatic carbocycles. The first-order valence-electron chi connectivity index (χ1n) is 4.95. The van der Waals surface area contributed by atoms with E-state index in [4.69, 9.17) is 4.84 Å². The highest BCUT2D eigenvalue weighted by Crippen LogP contribution is 2.18. The van der Waals surface area contributed by atoms with Crippen molar-refractivity contribution in [2.45, 2.75) is 6.92 Å². The Morgan fingerprint density at radius 2 is 2.25 bits per heavy atom. The van der Waals surface area contributed by atoms with Crippen molar-refractivity contribution in [1.29, 1.82) is 0 Å². The maximum atomic E-state index is 13.0. The summed E-state index contributed by atoms with van der Waals surface area (Å²) in [6, 6.07) is 3.98. The lowest BCUT2D eigenvalue weighted by Crippen LogP contribution is -2.26. The van der Waals surface area contributed by atoms with Crippen molar-refractivity contribution in [2.24, 2.45) is 0 Å². The second-order valence-corrected chi connectivity index (χ2v) is 3.21. The van der Waals surface area contributed by atoms with Gasteiger partial charge in [0.05, 0.1) is 12.7 Å². The molecule has 1 aromatic rings. The molecule has 1 rings (SSSR count). The number of hydrogen-bond donors (Lipinski definition) is 1. The number of carbonyl (C=O) groups excluding carboxylic acids is 1. The monoisotopic (exact) mass is 226 g/mol. The minimum Gasteiger partial charge on any atom is -0.385 e. The number of carbonyl (C=O) groups is 1. The second-order valence-electron chi connectivity index (χ2n) is 3.21. The molecular weight excluding hydrogens is 211 g/mol. The Kier molecular flexibility index (Phi) is 4.25. The van der Waals surface area contributed by atoms with E-state index in [1.165, 1.54) is 32.4 Å². The minimum absolute atomic E-state index is 0.321. The Morgan fingerprint density at radius 3 is 2.81 bits per heavy atom.